The van der Waals surface area contributed by atoms with Crippen LogP contribution in [0.5, 0.6) is 5.75 Å². The lowest BCUT2D eigenvalue weighted by Crippen LogP contribution is -2.01. The summed E-state index contributed by atoms with van der Waals surface area (Å²) in [6, 6.07) is 8.18. The number of aromatic nitrogens is 3. The molecular formula is C14H11N7O3. The number of hydrogen-bond donors (Lipinski definition) is 4. The molecule has 120 valence electrons. The number of azo groups is 1. The number of rotatable bonds is 3. The number of aromatic hydroxyl groups is 1. The lowest BCUT2D eigenvalue weighted by atomic mass is 10.0. The van der Waals surface area contributed by atoms with E-state index in [2.05, 4.69) is 25.2 Å². The summed E-state index contributed by atoms with van der Waals surface area (Å²) >= 11 is 0. The second-order valence-corrected chi connectivity index (χ2v) is 4.70. The molecule has 0 unspecified atom stereocenters. The molecule has 3 rings (SSSR count). The number of benzene rings is 2. The van der Waals surface area contributed by atoms with Crippen LogP contribution in [0, 0.1) is 0 Å². The quantitative estimate of drug-likeness (QED) is 0.529. The van der Waals surface area contributed by atoms with E-state index < -0.39 is 11.7 Å². The Balaban J connectivity index is 2.19. The van der Waals surface area contributed by atoms with E-state index in [0.717, 1.165) is 0 Å². The smallest absolute Gasteiger partial charge is 0.339 e. The zero-order valence-electron chi connectivity index (χ0n) is 12.1. The number of nitrogens with two attached hydrogens (primary N) is 2. The average Bonchev–Trinajstić information content (AvgIpc) is 2.52. The Morgan fingerprint density at radius 1 is 1.04 bits per heavy atom. The van der Waals surface area contributed by atoms with E-state index in [1.54, 1.807) is 24.3 Å². The number of fused-ring (bicyclic) bond motifs is 1. The summed E-state index contributed by atoms with van der Waals surface area (Å²) in [6.07, 6.45) is 0. The Morgan fingerprint density at radius 2 is 1.71 bits per heavy atom. The van der Waals surface area contributed by atoms with Crippen LogP contribution in [-0.4, -0.2) is 31.1 Å². The van der Waals surface area contributed by atoms with Gasteiger partial charge >= 0.3 is 5.97 Å². The molecule has 0 saturated carbocycles. The Bertz CT molecular complexity index is 967. The second-order valence-electron chi connectivity index (χ2n) is 4.70. The first-order chi connectivity index (χ1) is 11.5. The third kappa shape index (κ3) is 2.75. The van der Waals surface area contributed by atoms with E-state index in [1.165, 1.54) is 6.07 Å². The van der Waals surface area contributed by atoms with Crippen molar-refractivity contribution in [3.8, 4) is 5.75 Å². The van der Waals surface area contributed by atoms with Crippen LogP contribution in [0.3, 0.4) is 0 Å². The Morgan fingerprint density at radius 3 is 2.38 bits per heavy atom. The van der Waals surface area contributed by atoms with Crippen molar-refractivity contribution in [2.24, 2.45) is 10.2 Å². The van der Waals surface area contributed by atoms with Gasteiger partial charge in [0.25, 0.3) is 5.95 Å². The number of carboxylic acids is 1. The maximum absolute atomic E-state index is 11.3. The van der Waals surface area contributed by atoms with Crippen molar-refractivity contribution < 1.29 is 15.0 Å². The van der Waals surface area contributed by atoms with Gasteiger partial charge in [0.2, 0.25) is 11.9 Å². The van der Waals surface area contributed by atoms with Gasteiger partial charge in [-0.05, 0) is 11.5 Å². The molecule has 10 heteroatoms. The molecule has 3 aromatic rings. The van der Waals surface area contributed by atoms with Crippen LogP contribution in [0.2, 0.25) is 0 Å². The summed E-state index contributed by atoms with van der Waals surface area (Å²) in [6.45, 7) is 0. The fourth-order valence-corrected chi connectivity index (χ4v) is 2.12. The molecule has 0 fully saturated rings. The van der Waals surface area contributed by atoms with E-state index in [0.29, 0.717) is 10.8 Å². The monoisotopic (exact) mass is 325 g/mol. The molecule has 0 saturated heterocycles. The largest absolute Gasteiger partial charge is 0.505 e. The summed E-state index contributed by atoms with van der Waals surface area (Å²) in [5.41, 5.74) is 10.6. The third-order valence-corrected chi connectivity index (χ3v) is 3.12. The summed E-state index contributed by atoms with van der Waals surface area (Å²) in [4.78, 5) is 22.3. The fraction of sp³-hybridized carbons (Fsp3) is 0. The topological polar surface area (TPSA) is 173 Å². The molecule has 0 amide bonds. The average molecular weight is 325 g/mol. The molecule has 6 N–H and O–H groups in total. The molecule has 0 aliphatic rings. The maximum Gasteiger partial charge on any atom is 0.339 e. The number of nitrogen functional groups attached to an aromatic ring is 2. The first-order valence-electron chi connectivity index (χ1n) is 6.62. The molecular weight excluding hydrogens is 314 g/mol. The van der Waals surface area contributed by atoms with Crippen LogP contribution in [0.15, 0.2) is 40.6 Å². The Hall–Kier alpha value is -3.82. The van der Waals surface area contributed by atoms with Gasteiger partial charge in [0.1, 0.15) is 11.3 Å². The number of aromatic carboxylic acids is 1. The van der Waals surface area contributed by atoms with Gasteiger partial charge < -0.3 is 21.7 Å². The molecule has 0 bridgehead atoms. The van der Waals surface area contributed by atoms with Crippen molar-refractivity contribution in [3.63, 3.8) is 0 Å². The lowest BCUT2D eigenvalue weighted by molar-refractivity contribution is 0.0694. The van der Waals surface area contributed by atoms with E-state index in [4.69, 9.17) is 11.5 Å². The van der Waals surface area contributed by atoms with E-state index in [1.807, 2.05) is 0 Å². The first-order valence-corrected chi connectivity index (χ1v) is 6.62. The number of hydrogen-bond acceptors (Lipinski definition) is 9. The number of nitrogens with zero attached hydrogens (tertiary/aromatic N) is 5. The van der Waals surface area contributed by atoms with E-state index in [-0.39, 0.29) is 29.1 Å². The van der Waals surface area contributed by atoms with Gasteiger partial charge in [-0.1, -0.05) is 24.3 Å². The summed E-state index contributed by atoms with van der Waals surface area (Å²) < 4.78 is 0. The van der Waals surface area contributed by atoms with Crippen LogP contribution in [0.1, 0.15) is 10.4 Å². The molecule has 0 atom stereocenters. The van der Waals surface area contributed by atoms with Crippen LogP contribution in [0.25, 0.3) is 10.8 Å². The highest BCUT2D eigenvalue weighted by molar-refractivity contribution is 6.04. The minimum atomic E-state index is -1.29. The predicted octanol–water partition coefficient (Wildman–Crippen LogP) is 2.01. The molecule has 10 nitrogen and oxygen atoms in total. The molecule has 0 aliphatic heterocycles. The van der Waals surface area contributed by atoms with Crippen molar-refractivity contribution in [1.29, 1.82) is 0 Å². The molecule has 0 spiro atoms. The molecule has 2 aromatic carbocycles. The molecule has 0 radical (unpaired) electrons. The van der Waals surface area contributed by atoms with Crippen molar-refractivity contribution >= 4 is 40.3 Å². The summed E-state index contributed by atoms with van der Waals surface area (Å²) in [7, 11) is 0. The van der Waals surface area contributed by atoms with Crippen molar-refractivity contribution in [2.75, 3.05) is 11.5 Å². The zero-order chi connectivity index (χ0) is 17.3. The van der Waals surface area contributed by atoms with Gasteiger partial charge in [-0.2, -0.15) is 15.0 Å². The third-order valence-electron chi connectivity index (χ3n) is 3.12. The second kappa shape index (κ2) is 5.76. The van der Waals surface area contributed by atoms with E-state index >= 15 is 0 Å². The highest BCUT2D eigenvalue weighted by Crippen LogP contribution is 2.39. The van der Waals surface area contributed by atoms with Crippen LogP contribution in [-0.2, 0) is 0 Å². The number of carboxylic acid groups (broad SMARTS) is 1. The molecule has 1 heterocycles. The Labute approximate surface area is 134 Å². The van der Waals surface area contributed by atoms with E-state index in [9.17, 15) is 15.0 Å². The van der Waals surface area contributed by atoms with Crippen molar-refractivity contribution in [3.05, 3.63) is 35.9 Å². The summed E-state index contributed by atoms with van der Waals surface area (Å²) in [5.74, 6) is -2.23. The number of anilines is 2. The SMILES string of the molecule is Nc1nc(N)nc(/N=N/c2c(O)c(C(=O)O)cc3ccccc23)n1. The van der Waals surface area contributed by atoms with Gasteiger partial charge in [0, 0.05) is 5.39 Å². The van der Waals surface area contributed by atoms with Crippen LogP contribution >= 0.6 is 0 Å². The number of carbonyl (C=O) groups is 1. The molecule has 1 aromatic heterocycles. The van der Waals surface area contributed by atoms with Crippen LogP contribution in [0.4, 0.5) is 23.5 Å². The van der Waals surface area contributed by atoms with Gasteiger partial charge in [0.15, 0.2) is 5.75 Å². The van der Waals surface area contributed by atoms with Gasteiger partial charge in [0.05, 0.1) is 0 Å². The van der Waals surface area contributed by atoms with Crippen molar-refractivity contribution in [1.82, 2.24) is 15.0 Å². The van der Waals surface area contributed by atoms with Gasteiger partial charge in [-0.3, -0.25) is 0 Å². The standard InChI is InChI=1S/C14H11N7O3/c15-12-17-13(16)19-14(18-12)21-20-9-7-4-2-1-3-6(7)5-8(10(9)22)11(23)24/h1-5,22H,(H,23,24)(H4,15,16,17,18,19)/b21-20+. The van der Waals surface area contributed by atoms with Gasteiger partial charge in [-0.15, -0.1) is 10.2 Å². The minimum Gasteiger partial charge on any atom is -0.505 e. The van der Waals surface area contributed by atoms with Crippen LogP contribution < -0.4 is 11.5 Å². The predicted molar refractivity (Wildman–Crippen MR) is 85.4 cm³/mol. The molecule has 24 heavy (non-hydrogen) atoms. The lowest BCUT2D eigenvalue weighted by Gasteiger charge is -2.07. The fourth-order valence-electron chi connectivity index (χ4n) is 2.12. The highest BCUT2D eigenvalue weighted by atomic mass is 16.4. The number of phenols is 1. The first kappa shape index (κ1) is 15.1. The molecule has 0 aliphatic carbocycles. The summed E-state index contributed by atoms with van der Waals surface area (Å²) in [5, 5.41) is 28.1. The van der Waals surface area contributed by atoms with Gasteiger partial charge in [-0.25, -0.2) is 4.79 Å². The van der Waals surface area contributed by atoms with Crippen molar-refractivity contribution in [2.45, 2.75) is 0 Å². The normalized spacial score (nSPS) is 11.2. The highest BCUT2D eigenvalue weighted by Gasteiger charge is 2.17. The Kier molecular flexibility index (Phi) is 3.62. The zero-order valence-corrected chi connectivity index (χ0v) is 12.1. The maximum atomic E-state index is 11.3. The minimum absolute atomic E-state index is 0.0249.